The Morgan fingerprint density at radius 1 is 1.38 bits per heavy atom. The molecule has 0 aliphatic carbocycles. The van der Waals surface area contributed by atoms with Crippen molar-refractivity contribution in [2.45, 2.75) is 25.8 Å². The molecule has 1 aromatic rings. The molecule has 0 aliphatic heterocycles. The van der Waals surface area contributed by atoms with E-state index in [0.717, 1.165) is 18.4 Å². The van der Waals surface area contributed by atoms with Crippen LogP contribution >= 0.6 is 12.4 Å². The summed E-state index contributed by atoms with van der Waals surface area (Å²) in [5.41, 5.74) is 6.42. The van der Waals surface area contributed by atoms with Gasteiger partial charge >= 0.3 is 0 Å². The second-order valence-corrected chi connectivity index (χ2v) is 3.52. The lowest BCUT2D eigenvalue weighted by molar-refractivity contribution is -0.120. The Kier molecular flexibility index (Phi) is 7.60. The summed E-state index contributed by atoms with van der Waals surface area (Å²) in [4.78, 5) is 11.2. The van der Waals surface area contributed by atoms with E-state index in [4.69, 9.17) is 5.73 Å². The highest BCUT2D eigenvalue weighted by Gasteiger charge is 2.11. The summed E-state index contributed by atoms with van der Waals surface area (Å²) in [6.07, 6.45) is 1.97. The van der Waals surface area contributed by atoms with Gasteiger partial charge in [-0.1, -0.05) is 43.7 Å². The van der Waals surface area contributed by atoms with E-state index in [2.05, 4.69) is 12.2 Å². The fourth-order valence-corrected chi connectivity index (χ4v) is 1.55. The second kappa shape index (κ2) is 8.13. The van der Waals surface area contributed by atoms with E-state index >= 15 is 0 Å². The summed E-state index contributed by atoms with van der Waals surface area (Å²) in [6, 6.07) is 10.1. The zero-order chi connectivity index (χ0) is 11.1. The minimum atomic E-state index is -0.0997. The van der Waals surface area contributed by atoms with Gasteiger partial charge in [-0.25, -0.2) is 0 Å². The Balaban J connectivity index is 0.00000225. The average Bonchev–Trinajstić information content (AvgIpc) is 2.29. The van der Waals surface area contributed by atoms with E-state index in [0.29, 0.717) is 0 Å². The summed E-state index contributed by atoms with van der Waals surface area (Å²) in [5.74, 6) is -0.0997. The molecule has 0 radical (unpaired) electrons. The van der Waals surface area contributed by atoms with Crippen LogP contribution in [0.25, 0.3) is 0 Å². The van der Waals surface area contributed by atoms with Crippen LogP contribution in [0.4, 0.5) is 0 Å². The van der Waals surface area contributed by atoms with Crippen LogP contribution in [0.5, 0.6) is 0 Å². The summed E-state index contributed by atoms with van der Waals surface area (Å²) in [7, 11) is 0. The van der Waals surface area contributed by atoms with Gasteiger partial charge in [0.1, 0.15) is 0 Å². The van der Waals surface area contributed by atoms with Crippen molar-refractivity contribution in [3.63, 3.8) is 0 Å². The first kappa shape index (κ1) is 14.9. The molecule has 0 spiro atoms. The minimum Gasteiger partial charge on any atom is -0.348 e. The predicted octanol–water partition coefficient (Wildman–Crippen LogP) is 2.02. The molecule has 0 aliphatic rings. The van der Waals surface area contributed by atoms with Crippen molar-refractivity contribution >= 4 is 18.3 Å². The standard InChI is InChI=1S/C12H18N2O.ClH/c1-2-6-11(14-12(15)9-13)10-7-4-3-5-8-10;/h3-5,7-8,11H,2,6,9,13H2,1H3,(H,14,15);1H. The number of hydrogen-bond donors (Lipinski definition) is 2. The summed E-state index contributed by atoms with van der Waals surface area (Å²) < 4.78 is 0. The van der Waals surface area contributed by atoms with Crippen LogP contribution in [-0.4, -0.2) is 12.5 Å². The molecular weight excluding hydrogens is 224 g/mol. The van der Waals surface area contributed by atoms with E-state index in [-0.39, 0.29) is 30.9 Å². The highest BCUT2D eigenvalue weighted by atomic mass is 35.5. The Morgan fingerprint density at radius 3 is 2.50 bits per heavy atom. The summed E-state index contributed by atoms with van der Waals surface area (Å²) in [6.45, 7) is 2.15. The van der Waals surface area contributed by atoms with Crippen molar-refractivity contribution in [3.05, 3.63) is 35.9 Å². The van der Waals surface area contributed by atoms with Crippen molar-refractivity contribution in [2.75, 3.05) is 6.54 Å². The summed E-state index contributed by atoms with van der Waals surface area (Å²) >= 11 is 0. The summed E-state index contributed by atoms with van der Waals surface area (Å²) in [5, 5.41) is 2.92. The lowest BCUT2D eigenvalue weighted by atomic mass is 10.0. The predicted molar refractivity (Wildman–Crippen MR) is 68.5 cm³/mol. The number of nitrogens with two attached hydrogens (primary N) is 1. The number of benzene rings is 1. The maximum Gasteiger partial charge on any atom is 0.234 e. The van der Waals surface area contributed by atoms with Crippen LogP contribution in [0.2, 0.25) is 0 Å². The van der Waals surface area contributed by atoms with Crippen molar-refractivity contribution in [1.82, 2.24) is 5.32 Å². The monoisotopic (exact) mass is 242 g/mol. The van der Waals surface area contributed by atoms with Crippen LogP contribution in [0, 0.1) is 0 Å². The van der Waals surface area contributed by atoms with Gasteiger partial charge in [-0.15, -0.1) is 12.4 Å². The van der Waals surface area contributed by atoms with Gasteiger partial charge < -0.3 is 11.1 Å². The van der Waals surface area contributed by atoms with Crippen LogP contribution < -0.4 is 11.1 Å². The minimum absolute atomic E-state index is 0. The molecule has 16 heavy (non-hydrogen) atoms. The number of rotatable bonds is 5. The molecule has 3 nitrogen and oxygen atoms in total. The van der Waals surface area contributed by atoms with Gasteiger partial charge in [0.15, 0.2) is 0 Å². The van der Waals surface area contributed by atoms with Gasteiger partial charge in [-0.05, 0) is 12.0 Å². The molecule has 0 heterocycles. The first-order chi connectivity index (χ1) is 7.27. The molecule has 4 heteroatoms. The van der Waals surface area contributed by atoms with E-state index in [1.54, 1.807) is 0 Å². The first-order valence-corrected chi connectivity index (χ1v) is 5.32. The van der Waals surface area contributed by atoms with Crippen LogP contribution in [0.1, 0.15) is 31.4 Å². The molecule has 3 N–H and O–H groups in total. The van der Waals surface area contributed by atoms with Gasteiger partial charge in [0, 0.05) is 0 Å². The molecule has 0 saturated heterocycles. The molecule has 1 amide bonds. The van der Waals surface area contributed by atoms with E-state index < -0.39 is 0 Å². The van der Waals surface area contributed by atoms with Gasteiger partial charge in [-0.3, -0.25) is 4.79 Å². The number of nitrogens with one attached hydrogen (secondary N) is 1. The van der Waals surface area contributed by atoms with Crippen molar-refractivity contribution in [1.29, 1.82) is 0 Å². The molecule has 90 valence electrons. The Hall–Kier alpha value is -1.06. The Morgan fingerprint density at radius 2 is 2.00 bits per heavy atom. The number of hydrogen-bond acceptors (Lipinski definition) is 2. The zero-order valence-corrected chi connectivity index (χ0v) is 10.3. The SMILES string of the molecule is CCCC(NC(=O)CN)c1ccccc1.Cl. The second-order valence-electron chi connectivity index (χ2n) is 3.52. The van der Waals surface area contributed by atoms with Crippen LogP contribution in [-0.2, 0) is 4.79 Å². The van der Waals surface area contributed by atoms with Crippen LogP contribution in [0.3, 0.4) is 0 Å². The third-order valence-electron chi connectivity index (χ3n) is 2.30. The molecule has 0 saturated carbocycles. The number of amides is 1. The molecule has 0 fully saturated rings. The fraction of sp³-hybridized carbons (Fsp3) is 0.417. The highest BCUT2D eigenvalue weighted by Crippen LogP contribution is 2.17. The quantitative estimate of drug-likeness (QED) is 0.830. The maximum absolute atomic E-state index is 11.2. The topological polar surface area (TPSA) is 55.1 Å². The van der Waals surface area contributed by atoms with Gasteiger partial charge in [0.2, 0.25) is 5.91 Å². The first-order valence-electron chi connectivity index (χ1n) is 5.32. The molecule has 1 unspecified atom stereocenters. The number of halogens is 1. The van der Waals surface area contributed by atoms with E-state index in [9.17, 15) is 4.79 Å². The average molecular weight is 243 g/mol. The largest absolute Gasteiger partial charge is 0.348 e. The number of carbonyl (C=O) groups is 1. The van der Waals surface area contributed by atoms with Crippen molar-refractivity contribution in [3.8, 4) is 0 Å². The lowest BCUT2D eigenvalue weighted by Gasteiger charge is -2.18. The maximum atomic E-state index is 11.2. The molecular formula is C12H19ClN2O. The highest BCUT2D eigenvalue weighted by molar-refractivity contribution is 5.85. The van der Waals surface area contributed by atoms with Crippen molar-refractivity contribution < 1.29 is 4.79 Å². The third kappa shape index (κ3) is 4.64. The van der Waals surface area contributed by atoms with Crippen molar-refractivity contribution in [2.24, 2.45) is 5.73 Å². The van der Waals surface area contributed by atoms with E-state index in [1.165, 1.54) is 0 Å². The normalized spacial score (nSPS) is 11.4. The molecule has 1 rings (SSSR count). The fourth-order valence-electron chi connectivity index (χ4n) is 1.55. The zero-order valence-electron chi connectivity index (χ0n) is 9.48. The molecule has 1 atom stereocenters. The smallest absolute Gasteiger partial charge is 0.234 e. The Labute approximate surface area is 103 Å². The molecule has 0 aromatic heterocycles. The van der Waals surface area contributed by atoms with Gasteiger partial charge in [0.25, 0.3) is 0 Å². The molecule has 0 bridgehead atoms. The van der Waals surface area contributed by atoms with E-state index in [1.807, 2.05) is 30.3 Å². The molecule has 1 aromatic carbocycles. The van der Waals surface area contributed by atoms with Crippen LogP contribution in [0.15, 0.2) is 30.3 Å². The third-order valence-corrected chi connectivity index (χ3v) is 2.30. The Bertz CT molecular complexity index is 303. The van der Waals surface area contributed by atoms with Gasteiger partial charge in [0.05, 0.1) is 12.6 Å². The lowest BCUT2D eigenvalue weighted by Crippen LogP contribution is -2.33. The number of carbonyl (C=O) groups excluding carboxylic acids is 1. The van der Waals surface area contributed by atoms with Gasteiger partial charge in [-0.2, -0.15) is 0 Å².